The van der Waals surface area contributed by atoms with Crippen LogP contribution in [-0.4, -0.2) is 22.8 Å². The first-order valence-corrected chi connectivity index (χ1v) is 9.58. The zero-order valence-corrected chi connectivity index (χ0v) is 16.1. The molecule has 0 amide bonds. The van der Waals surface area contributed by atoms with Crippen LogP contribution >= 0.6 is 0 Å². The van der Waals surface area contributed by atoms with Gasteiger partial charge in [0.05, 0.1) is 6.42 Å². The number of rotatable bonds is 10. The lowest BCUT2D eigenvalue weighted by molar-refractivity contribution is -0.424. The van der Waals surface area contributed by atoms with E-state index in [-0.39, 0.29) is 24.0 Å². The van der Waals surface area contributed by atoms with Crippen LogP contribution in [0.3, 0.4) is 0 Å². The highest BCUT2D eigenvalue weighted by molar-refractivity contribution is 5.67. The molecule has 0 aromatic carbocycles. The summed E-state index contributed by atoms with van der Waals surface area (Å²) in [6, 6.07) is 0. The van der Waals surface area contributed by atoms with Crippen LogP contribution in [0.4, 0.5) is 0 Å². The standard InChI is InChI=1S/C20H36O4/c1-6-10-16(7-2)11-15(5)13-20(9-4)14-17(8-3)18(23-24-20)12-19(21)22/h6,10,15-18H,7-9,11-14H2,1-5H3,(H,21,22). The second kappa shape index (κ2) is 10.2. The first kappa shape index (κ1) is 21.2. The van der Waals surface area contributed by atoms with Crippen molar-refractivity contribution in [2.75, 3.05) is 0 Å². The van der Waals surface area contributed by atoms with Crippen molar-refractivity contribution in [2.45, 2.75) is 91.3 Å². The second-order valence-electron chi connectivity index (χ2n) is 7.46. The highest BCUT2D eigenvalue weighted by atomic mass is 17.2. The van der Waals surface area contributed by atoms with Gasteiger partial charge in [-0.3, -0.25) is 4.79 Å². The van der Waals surface area contributed by atoms with Gasteiger partial charge in [-0.05, 0) is 56.8 Å². The Bertz CT molecular complexity index is 406. The summed E-state index contributed by atoms with van der Waals surface area (Å²) in [5.41, 5.74) is -0.274. The molecule has 1 rings (SSSR count). The highest BCUT2D eigenvalue weighted by Gasteiger charge is 2.43. The SMILES string of the molecule is CC=CC(CC)CC(C)CC1(CC)CC(CC)C(CC(=O)O)OO1. The lowest BCUT2D eigenvalue weighted by Gasteiger charge is -2.43. The van der Waals surface area contributed by atoms with E-state index in [1.807, 2.05) is 0 Å². The molecule has 0 radical (unpaired) electrons. The lowest BCUT2D eigenvalue weighted by Crippen LogP contribution is -2.46. The molecular weight excluding hydrogens is 304 g/mol. The van der Waals surface area contributed by atoms with Gasteiger partial charge in [0, 0.05) is 0 Å². The Morgan fingerprint density at radius 1 is 1.38 bits per heavy atom. The van der Waals surface area contributed by atoms with Crippen molar-refractivity contribution in [3.05, 3.63) is 12.2 Å². The molecule has 1 N–H and O–H groups in total. The minimum absolute atomic E-state index is 0.0209. The molecule has 4 nitrogen and oxygen atoms in total. The van der Waals surface area contributed by atoms with Gasteiger partial charge < -0.3 is 5.11 Å². The fourth-order valence-electron chi connectivity index (χ4n) is 4.02. The summed E-state index contributed by atoms with van der Waals surface area (Å²) in [7, 11) is 0. The molecule has 0 bridgehead atoms. The van der Waals surface area contributed by atoms with Gasteiger partial charge in [-0.2, -0.15) is 0 Å². The molecule has 140 valence electrons. The normalized spacial score (nSPS) is 30.4. The second-order valence-corrected chi connectivity index (χ2v) is 7.46. The Balaban J connectivity index is 2.71. The smallest absolute Gasteiger partial charge is 0.306 e. The molecule has 4 heteroatoms. The zero-order chi connectivity index (χ0) is 18.2. The molecule has 0 spiro atoms. The highest BCUT2D eigenvalue weighted by Crippen LogP contribution is 2.41. The monoisotopic (exact) mass is 340 g/mol. The van der Waals surface area contributed by atoms with E-state index in [0.29, 0.717) is 11.8 Å². The molecule has 0 aliphatic carbocycles. The van der Waals surface area contributed by atoms with E-state index >= 15 is 0 Å². The molecule has 0 saturated carbocycles. The number of aliphatic carboxylic acids is 1. The Hall–Kier alpha value is -0.870. The molecule has 5 atom stereocenters. The Labute approximate surface area is 147 Å². The van der Waals surface area contributed by atoms with Gasteiger partial charge in [0.2, 0.25) is 0 Å². The van der Waals surface area contributed by atoms with Gasteiger partial charge >= 0.3 is 5.97 Å². The van der Waals surface area contributed by atoms with Crippen LogP contribution in [0.25, 0.3) is 0 Å². The Morgan fingerprint density at radius 3 is 2.58 bits per heavy atom. The molecule has 1 aliphatic rings. The summed E-state index contributed by atoms with van der Waals surface area (Å²) in [5, 5.41) is 9.05. The Morgan fingerprint density at radius 2 is 2.08 bits per heavy atom. The lowest BCUT2D eigenvalue weighted by atomic mass is 9.76. The van der Waals surface area contributed by atoms with E-state index in [1.165, 1.54) is 0 Å². The minimum Gasteiger partial charge on any atom is -0.481 e. The van der Waals surface area contributed by atoms with E-state index in [4.69, 9.17) is 14.9 Å². The first-order chi connectivity index (χ1) is 11.4. The maximum absolute atomic E-state index is 11.0. The van der Waals surface area contributed by atoms with E-state index in [2.05, 4.69) is 46.8 Å². The van der Waals surface area contributed by atoms with Crippen LogP contribution in [0, 0.1) is 17.8 Å². The van der Waals surface area contributed by atoms with Crippen molar-refractivity contribution in [1.29, 1.82) is 0 Å². The number of carboxylic acid groups (broad SMARTS) is 1. The molecule has 1 heterocycles. The van der Waals surface area contributed by atoms with Crippen molar-refractivity contribution in [1.82, 2.24) is 0 Å². The van der Waals surface area contributed by atoms with Gasteiger partial charge in [-0.1, -0.05) is 46.3 Å². The molecule has 5 unspecified atom stereocenters. The summed E-state index contributed by atoms with van der Waals surface area (Å²) >= 11 is 0. The third-order valence-electron chi connectivity index (χ3n) is 5.47. The largest absolute Gasteiger partial charge is 0.481 e. The predicted molar refractivity (Wildman–Crippen MR) is 96.6 cm³/mol. The number of carbonyl (C=O) groups is 1. The Kier molecular flexibility index (Phi) is 8.99. The third kappa shape index (κ3) is 6.21. The van der Waals surface area contributed by atoms with Gasteiger partial charge in [0.1, 0.15) is 11.7 Å². The minimum atomic E-state index is -0.823. The topological polar surface area (TPSA) is 55.8 Å². The predicted octanol–water partition coefficient (Wildman–Crippen LogP) is 5.38. The molecular formula is C20H36O4. The van der Waals surface area contributed by atoms with Gasteiger partial charge in [-0.15, -0.1) is 0 Å². The van der Waals surface area contributed by atoms with Crippen molar-refractivity contribution >= 4 is 5.97 Å². The van der Waals surface area contributed by atoms with E-state index in [1.54, 1.807) is 0 Å². The quantitative estimate of drug-likeness (QED) is 0.429. The molecule has 24 heavy (non-hydrogen) atoms. The third-order valence-corrected chi connectivity index (χ3v) is 5.47. The molecule has 0 aromatic rings. The maximum atomic E-state index is 11.0. The first-order valence-electron chi connectivity index (χ1n) is 9.58. The molecule has 1 fully saturated rings. The zero-order valence-electron chi connectivity index (χ0n) is 16.1. The van der Waals surface area contributed by atoms with E-state index in [9.17, 15) is 4.79 Å². The number of hydrogen-bond acceptors (Lipinski definition) is 3. The summed E-state index contributed by atoms with van der Waals surface area (Å²) in [4.78, 5) is 22.4. The summed E-state index contributed by atoms with van der Waals surface area (Å²) < 4.78 is 0. The number of carboxylic acids is 1. The molecule has 0 aromatic heterocycles. The fraction of sp³-hybridized carbons (Fsp3) is 0.850. The van der Waals surface area contributed by atoms with Crippen molar-refractivity contribution in [2.24, 2.45) is 17.8 Å². The average molecular weight is 341 g/mol. The van der Waals surface area contributed by atoms with Crippen molar-refractivity contribution in [3.8, 4) is 0 Å². The van der Waals surface area contributed by atoms with Crippen LogP contribution in [0.5, 0.6) is 0 Å². The average Bonchev–Trinajstić information content (AvgIpc) is 2.55. The summed E-state index contributed by atoms with van der Waals surface area (Å²) in [6.45, 7) is 10.8. The van der Waals surface area contributed by atoms with Crippen molar-refractivity contribution in [3.63, 3.8) is 0 Å². The van der Waals surface area contributed by atoms with Gasteiger partial charge in [-0.25, -0.2) is 9.78 Å². The maximum Gasteiger partial charge on any atom is 0.306 e. The van der Waals surface area contributed by atoms with E-state index < -0.39 is 5.97 Å². The molecule has 1 aliphatic heterocycles. The van der Waals surface area contributed by atoms with Gasteiger partial charge in [0.15, 0.2) is 0 Å². The van der Waals surface area contributed by atoms with E-state index in [0.717, 1.165) is 38.5 Å². The fourth-order valence-corrected chi connectivity index (χ4v) is 4.02. The molecule has 1 saturated heterocycles. The van der Waals surface area contributed by atoms with Crippen LogP contribution in [0.2, 0.25) is 0 Å². The number of allylic oxidation sites excluding steroid dienone is 2. The number of hydrogen-bond donors (Lipinski definition) is 1. The van der Waals surface area contributed by atoms with Crippen LogP contribution < -0.4 is 0 Å². The van der Waals surface area contributed by atoms with Crippen LogP contribution in [0.1, 0.15) is 79.6 Å². The van der Waals surface area contributed by atoms with Gasteiger partial charge in [0.25, 0.3) is 0 Å². The summed E-state index contributed by atoms with van der Waals surface area (Å²) in [6.07, 6.45) is 10.1. The van der Waals surface area contributed by atoms with Crippen LogP contribution in [-0.2, 0) is 14.6 Å². The van der Waals surface area contributed by atoms with Crippen molar-refractivity contribution < 1.29 is 19.7 Å². The summed E-state index contributed by atoms with van der Waals surface area (Å²) in [5.74, 6) is 0.587. The van der Waals surface area contributed by atoms with Crippen LogP contribution in [0.15, 0.2) is 12.2 Å².